The number of hydrogen-bond acceptors (Lipinski definition) is 2. The molecule has 1 unspecified atom stereocenters. The van der Waals surface area contributed by atoms with Crippen molar-refractivity contribution in [2.75, 3.05) is 6.26 Å². The van der Waals surface area contributed by atoms with E-state index in [-0.39, 0.29) is 5.92 Å². The van der Waals surface area contributed by atoms with E-state index in [4.69, 9.17) is 0 Å². The maximum absolute atomic E-state index is 10.3. The summed E-state index contributed by atoms with van der Waals surface area (Å²) in [4.78, 5) is 1.20. The van der Waals surface area contributed by atoms with Crippen molar-refractivity contribution in [1.82, 2.24) is 0 Å². The van der Waals surface area contributed by atoms with Crippen LogP contribution in [0.2, 0.25) is 0 Å². The molecule has 0 fully saturated rings. The van der Waals surface area contributed by atoms with Crippen LogP contribution in [0.3, 0.4) is 0 Å². The molecule has 1 atom stereocenters. The Morgan fingerprint density at radius 3 is 2.50 bits per heavy atom. The van der Waals surface area contributed by atoms with Gasteiger partial charge in [-0.2, -0.15) is 0 Å². The van der Waals surface area contributed by atoms with Crippen LogP contribution in [0.15, 0.2) is 29.2 Å². The molecule has 0 amide bonds. The van der Waals surface area contributed by atoms with Crippen molar-refractivity contribution in [1.29, 1.82) is 0 Å². The summed E-state index contributed by atoms with van der Waals surface area (Å²) >= 11 is 1.70. The zero-order chi connectivity index (χ0) is 10.8. The average Bonchev–Trinajstić information content (AvgIpc) is 2.17. The molecule has 1 N–H and O–H groups in total. The molecule has 0 aliphatic heterocycles. The summed E-state index contributed by atoms with van der Waals surface area (Å²) in [6.45, 7) is 5.94. The van der Waals surface area contributed by atoms with Crippen LogP contribution < -0.4 is 0 Å². The molecule has 14 heavy (non-hydrogen) atoms. The normalized spacial score (nSPS) is 15.6. The zero-order valence-corrected chi connectivity index (χ0v) is 10.1. The van der Waals surface area contributed by atoms with Gasteiger partial charge < -0.3 is 5.11 Å². The Balaban J connectivity index is 3.06. The van der Waals surface area contributed by atoms with Gasteiger partial charge >= 0.3 is 0 Å². The molecule has 0 bridgehead atoms. The summed E-state index contributed by atoms with van der Waals surface area (Å²) in [6.07, 6.45) is 2.04. The van der Waals surface area contributed by atoms with Gasteiger partial charge in [0.25, 0.3) is 0 Å². The maximum atomic E-state index is 10.3. The smallest absolute Gasteiger partial charge is 0.0891 e. The SMILES string of the molecule is CSc1cccc(C(C)(O)C(C)C)c1. The lowest BCUT2D eigenvalue weighted by Gasteiger charge is -2.28. The predicted octanol–water partition coefficient (Wildman–Crippen LogP) is 3.27. The van der Waals surface area contributed by atoms with Crippen molar-refractivity contribution < 1.29 is 5.11 Å². The average molecular weight is 210 g/mol. The highest BCUT2D eigenvalue weighted by atomic mass is 32.2. The fraction of sp³-hybridized carbons (Fsp3) is 0.500. The molecule has 0 heterocycles. The Morgan fingerprint density at radius 1 is 1.36 bits per heavy atom. The predicted molar refractivity (Wildman–Crippen MR) is 62.6 cm³/mol. The number of aliphatic hydroxyl groups is 1. The minimum absolute atomic E-state index is 0.222. The van der Waals surface area contributed by atoms with E-state index in [2.05, 4.69) is 12.1 Å². The third-order valence-electron chi connectivity index (χ3n) is 2.78. The molecule has 0 saturated heterocycles. The van der Waals surface area contributed by atoms with Gasteiger partial charge in [-0.15, -0.1) is 11.8 Å². The van der Waals surface area contributed by atoms with Gasteiger partial charge in [-0.3, -0.25) is 0 Å². The quantitative estimate of drug-likeness (QED) is 0.773. The second kappa shape index (κ2) is 4.37. The van der Waals surface area contributed by atoms with Crippen LogP contribution in [-0.2, 0) is 5.60 Å². The Morgan fingerprint density at radius 2 is 2.00 bits per heavy atom. The summed E-state index contributed by atoms with van der Waals surface area (Å²) in [5.41, 5.74) is 0.269. The first-order chi connectivity index (χ1) is 6.48. The first-order valence-corrected chi connectivity index (χ1v) is 6.08. The largest absolute Gasteiger partial charge is 0.385 e. The molecular formula is C12H18OS. The standard InChI is InChI=1S/C12H18OS/c1-9(2)12(3,13)10-6-5-7-11(8-10)14-4/h5-9,13H,1-4H3. The second-order valence-corrected chi connectivity index (χ2v) is 4.91. The molecule has 1 aromatic carbocycles. The lowest BCUT2D eigenvalue weighted by Crippen LogP contribution is -2.27. The summed E-state index contributed by atoms with van der Waals surface area (Å²) < 4.78 is 0. The lowest BCUT2D eigenvalue weighted by atomic mass is 9.85. The number of hydrogen-bond donors (Lipinski definition) is 1. The highest BCUT2D eigenvalue weighted by Gasteiger charge is 2.26. The van der Waals surface area contributed by atoms with Crippen molar-refractivity contribution in [3.8, 4) is 0 Å². The van der Waals surface area contributed by atoms with Crippen molar-refractivity contribution in [2.45, 2.75) is 31.3 Å². The molecule has 0 aliphatic carbocycles. The van der Waals surface area contributed by atoms with Crippen molar-refractivity contribution in [2.24, 2.45) is 5.92 Å². The van der Waals surface area contributed by atoms with Crippen LogP contribution >= 0.6 is 11.8 Å². The molecular weight excluding hydrogens is 192 g/mol. The molecule has 1 rings (SSSR count). The third-order valence-corrected chi connectivity index (χ3v) is 3.50. The lowest BCUT2D eigenvalue weighted by molar-refractivity contribution is 0.00886. The number of thioether (sulfide) groups is 1. The van der Waals surface area contributed by atoms with Crippen LogP contribution in [0.25, 0.3) is 0 Å². The molecule has 0 spiro atoms. The van der Waals surface area contributed by atoms with Gasteiger partial charge in [-0.1, -0.05) is 26.0 Å². The number of benzene rings is 1. The molecule has 1 aromatic rings. The second-order valence-electron chi connectivity index (χ2n) is 4.03. The molecule has 0 saturated carbocycles. The highest BCUT2D eigenvalue weighted by molar-refractivity contribution is 7.98. The first kappa shape index (κ1) is 11.6. The van der Waals surface area contributed by atoms with Crippen LogP contribution in [-0.4, -0.2) is 11.4 Å². The van der Waals surface area contributed by atoms with E-state index in [9.17, 15) is 5.11 Å². The fourth-order valence-corrected chi connectivity index (χ4v) is 1.73. The van der Waals surface area contributed by atoms with Gasteiger partial charge in [0.2, 0.25) is 0 Å². The van der Waals surface area contributed by atoms with Crippen LogP contribution in [0.4, 0.5) is 0 Å². The van der Waals surface area contributed by atoms with Crippen molar-refractivity contribution in [3.63, 3.8) is 0 Å². The topological polar surface area (TPSA) is 20.2 Å². The number of rotatable bonds is 3. The van der Waals surface area contributed by atoms with Gasteiger partial charge in [-0.25, -0.2) is 0 Å². The van der Waals surface area contributed by atoms with E-state index in [0.29, 0.717) is 0 Å². The Labute approximate surface area is 90.5 Å². The minimum Gasteiger partial charge on any atom is -0.385 e. The molecule has 0 radical (unpaired) electrons. The van der Waals surface area contributed by atoms with Crippen molar-refractivity contribution in [3.05, 3.63) is 29.8 Å². The van der Waals surface area contributed by atoms with Crippen LogP contribution in [0.5, 0.6) is 0 Å². The van der Waals surface area contributed by atoms with Gasteiger partial charge in [0.15, 0.2) is 0 Å². The van der Waals surface area contributed by atoms with Crippen LogP contribution in [0.1, 0.15) is 26.3 Å². The Hall–Kier alpha value is -0.470. The van der Waals surface area contributed by atoms with Crippen LogP contribution in [0, 0.1) is 5.92 Å². The summed E-state index contributed by atoms with van der Waals surface area (Å²) in [5.74, 6) is 0.222. The molecule has 78 valence electrons. The van der Waals surface area contributed by atoms with E-state index in [1.54, 1.807) is 11.8 Å². The monoisotopic (exact) mass is 210 g/mol. The first-order valence-electron chi connectivity index (χ1n) is 4.85. The van der Waals surface area contributed by atoms with Gasteiger partial charge in [-0.05, 0) is 36.8 Å². The zero-order valence-electron chi connectivity index (χ0n) is 9.24. The Bertz CT molecular complexity index is 305. The third kappa shape index (κ3) is 2.31. The summed E-state index contributed by atoms with van der Waals surface area (Å²) in [6, 6.07) is 8.10. The molecule has 0 aromatic heterocycles. The summed E-state index contributed by atoms with van der Waals surface area (Å²) in [7, 11) is 0. The molecule has 1 nitrogen and oxygen atoms in total. The Kier molecular flexibility index (Phi) is 3.62. The molecule has 0 aliphatic rings. The van der Waals surface area contributed by atoms with Gasteiger partial charge in [0.05, 0.1) is 5.60 Å². The minimum atomic E-state index is -0.730. The van der Waals surface area contributed by atoms with E-state index in [0.717, 1.165) is 5.56 Å². The van der Waals surface area contributed by atoms with E-state index in [1.807, 2.05) is 39.2 Å². The van der Waals surface area contributed by atoms with Gasteiger partial charge in [0, 0.05) is 4.90 Å². The van der Waals surface area contributed by atoms with E-state index in [1.165, 1.54) is 4.90 Å². The van der Waals surface area contributed by atoms with Crippen molar-refractivity contribution >= 4 is 11.8 Å². The summed E-state index contributed by atoms with van der Waals surface area (Å²) in [5, 5.41) is 10.3. The highest BCUT2D eigenvalue weighted by Crippen LogP contribution is 2.30. The van der Waals surface area contributed by atoms with Gasteiger partial charge in [0.1, 0.15) is 0 Å². The molecule has 2 heteroatoms. The fourth-order valence-electron chi connectivity index (χ4n) is 1.27. The maximum Gasteiger partial charge on any atom is 0.0891 e. The van der Waals surface area contributed by atoms with E-state index < -0.39 is 5.60 Å². The van der Waals surface area contributed by atoms with E-state index >= 15 is 0 Å².